The molecule has 0 amide bonds. The largest absolute Gasteiger partial charge is 0.371 e. The van der Waals surface area contributed by atoms with Gasteiger partial charge in [-0.05, 0) is 69.0 Å². The Morgan fingerprint density at radius 3 is 2.35 bits per heavy atom. The minimum absolute atomic E-state index is 0.157. The summed E-state index contributed by atoms with van der Waals surface area (Å²) in [5.41, 5.74) is 1.56. The first-order chi connectivity index (χ1) is 9.69. The Morgan fingerprint density at radius 2 is 1.80 bits per heavy atom. The first-order valence-electron chi connectivity index (χ1n) is 7.90. The Labute approximate surface area is 122 Å². The summed E-state index contributed by atoms with van der Waals surface area (Å²) in [6.45, 7) is 8.78. The van der Waals surface area contributed by atoms with E-state index in [4.69, 9.17) is 0 Å². The SMILES string of the molecule is CCCC1(CN(CC)c2ccc(F)cc2)CCNCC1. The van der Waals surface area contributed by atoms with E-state index in [0.29, 0.717) is 5.41 Å². The van der Waals surface area contributed by atoms with Crippen LogP contribution < -0.4 is 10.2 Å². The maximum atomic E-state index is 13.1. The lowest BCUT2D eigenvalue weighted by Gasteiger charge is -2.42. The Balaban J connectivity index is 2.12. The average molecular weight is 278 g/mol. The van der Waals surface area contributed by atoms with Gasteiger partial charge in [-0.25, -0.2) is 4.39 Å². The summed E-state index contributed by atoms with van der Waals surface area (Å²) in [5.74, 6) is -0.157. The molecule has 0 saturated carbocycles. The molecule has 1 aromatic carbocycles. The van der Waals surface area contributed by atoms with Crippen LogP contribution in [0.1, 0.15) is 39.5 Å². The topological polar surface area (TPSA) is 15.3 Å². The maximum Gasteiger partial charge on any atom is 0.123 e. The number of piperidine rings is 1. The number of halogens is 1. The van der Waals surface area contributed by atoms with Crippen molar-refractivity contribution in [3.05, 3.63) is 30.1 Å². The van der Waals surface area contributed by atoms with E-state index in [2.05, 4.69) is 24.1 Å². The predicted molar refractivity (Wildman–Crippen MR) is 83.7 cm³/mol. The highest BCUT2D eigenvalue weighted by atomic mass is 19.1. The van der Waals surface area contributed by atoms with Crippen molar-refractivity contribution in [2.45, 2.75) is 39.5 Å². The minimum Gasteiger partial charge on any atom is -0.371 e. The highest BCUT2D eigenvalue weighted by molar-refractivity contribution is 5.46. The van der Waals surface area contributed by atoms with E-state index in [0.717, 1.165) is 31.9 Å². The molecule has 112 valence electrons. The standard InChI is InChI=1S/C17H27FN2/c1-3-9-17(10-12-19-13-11-17)14-20(4-2)16-7-5-15(18)6-8-16/h5-8,19H,3-4,9-14H2,1-2H3. The summed E-state index contributed by atoms with van der Waals surface area (Å²) in [6.07, 6.45) is 5.02. The quantitative estimate of drug-likeness (QED) is 0.851. The summed E-state index contributed by atoms with van der Waals surface area (Å²) in [6, 6.07) is 6.93. The third-order valence-corrected chi connectivity index (χ3v) is 4.54. The molecular formula is C17H27FN2. The van der Waals surface area contributed by atoms with Gasteiger partial charge in [0.2, 0.25) is 0 Å². The number of rotatable bonds is 6. The monoisotopic (exact) mass is 278 g/mol. The van der Waals surface area contributed by atoms with Crippen LogP contribution in [0, 0.1) is 11.2 Å². The molecular weight excluding hydrogens is 251 g/mol. The highest BCUT2D eigenvalue weighted by Crippen LogP contribution is 2.36. The summed E-state index contributed by atoms with van der Waals surface area (Å²) < 4.78 is 13.1. The van der Waals surface area contributed by atoms with Gasteiger partial charge >= 0.3 is 0 Å². The second kappa shape index (κ2) is 7.07. The van der Waals surface area contributed by atoms with Gasteiger partial charge in [0.05, 0.1) is 0 Å². The molecule has 1 heterocycles. The van der Waals surface area contributed by atoms with Gasteiger partial charge in [0.15, 0.2) is 0 Å². The molecule has 1 N–H and O–H groups in total. The molecule has 1 aliphatic rings. The molecule has 0 aliphatic carbocycles. The van der Waals surface area contributed by atoms with Crippen molar-refractivity contribution in [1.29, 1.82) is 0 Å². The van der Waals surface area contributed by atoms with Gasteiger partial charge in [-0.1, -0.05) is 13.3 Å². The zero-order valence-electron chi connectivity index (χ0n) is 12.8. The van der Waals surface area contributed by atoms with Crippen molar-refractivity contribution in [1.82, 2.24) is 5.32 Å². The second-order valence-electron chi connectivity index (χ2n) is 5.99. The fourth-order valence-electron chi connectivity index (χ4n) is 3.42. The van der Waals surface area contributed by atoms with Gasteiger partial charge in [-0.15, -0.1) is 0 Å². The molecule has 0 radical (unpaired) electrons. The molecule has 1 saturated heterocycles. The Morgan fingerprint density at radius 1 is 1.15 bits per heavy atom. The van der Waals surface area contributed by atoms with Gasteiger partial charge in [-0.3, -0.25) is 0 Å². The lowest BCUT2D eigenvalue weighted by atomic mass is 9.75. The van der Waals surface area contributed by atoms with Gasteiger partial charge in [0.1, 0.15) is 5.82 Å². The van der Waals surface area contributed by atoms with Crippen LogP contribution in [-0.4, -0.2) is 26.2 Å². The smallest absolute Gasteiger partial charge is 0.123 e. The third kappa shape index (κ3) is 3.72. The van der Waals surface area contributed by atoms with E-state index in [1.165, 1.54) is 25.7 Å². The number of hydrogen-bond acceptors (Lipinski definition) is 2. The normalized spacial score (nSPS) is 17.9. The van der Waals surface area contributed by atoms with Crippen molar-refractivity contribution in [2.75, 3.05) is 31.1 Å². The van der Waals surface area contributed by atoms with Crippen molar-refractivity contribution in [2.24, 2.45) is 5.41 Å². The van der Waals surface area contributed by atoms with E-state index >= 15 is 0 Å². The van der Waals surface area contributed by atoms with Crippen LogP contribution >= 0.6 is 0 Å². The van der Waals surface area contributed by atoms with Crippen LogP contribution in [0.15, 0.2) is 24.3 Å². The van der Waals surface area contributed by atoms with Crippen molar-refractivity contribution >= 4 is 5.69 Å². The summed E-state index contributed by atoms with van der Waals surface area (Å²) >= 11 is 0. The first-order valence-corrected chi connectivity index (χ1v) is 7.90. The van der Waals surface area contributed by atoms with Crippen LogP contribution in [0.3, 0.4) is 0 Å². The third-order valence-electron chi connectivity index (χ3n) is 4.54. The molecule has 1 aromatic rings. The van der Waals surface area contributed by atoms with E-state index < -0.39 is 0 Å². The zero-order chi connectivity index (χ0) is 14.4. The number of nitrogens with zero attached hydrogens (tertiary/aromatic N) is 1. The van der Waals surface area contributed by atoms with Crippen LogP contribution in [0.25, 0.3) is 0 Å². The van der Waals surface area contributed by atoms with Crippen molar-refractivity contribution in [3.63, 3.8) is 0 Å². The fraction of sp³-hybridized carbons (Fsp3) is 0.647. The maximum absolute atomic E-state index is 13.1. The summed E-state index contributed by atoms with van der Waals surface area (Å²) in [5, 5.41) is 3.47. The molecule has 1 aliphatic heterocycles. The van der Waals surface area contributed by atoms with E-state index in [1.54, 1.807) is 12.1 Å². The Hall–Kier alpha value is -1.09. The molecule has 2 nitrogen and oxygen atoms in total. The average Bonchev–Trinajstić information content (AvgIpc) is 2.47. The number of nitrogens with one attached hydrogen (secondary N) is 1. The lowest BCUT2D eigenvalue weighted by Crippen LogP contribution is -2.45. The van der Waals surface area contributed by atoms with Gasteiger partial charge < -0.3 is 10.2 Å². The summed E-state index contributed by atoms with van der Waals surface area (Å²) in [4.78, 5) is 2.40. The number of anilines is 1. The van der Waals surface area contributed by atoms with E-state index in [-0.39, 0.29) is 5.82 Å². The minimum atomic E-state index is -0.157. The van der Waals surface area contributed by atoms with Crippen LogP contribution in [-0.2, 0) is 0 Å². The molecule has 3 heteroatoms. The molecule has 0 atom stereocenters. The summed E-state index contributed by atoms with van der Waals surface area (Å²) in [7, 11) is 0. The van der Waals surface area contributed by atoms with Gasteiger partial charge in [0.25, 0.3) is 0 Å². The molecule has 20 heavy (non-hydrogen) atoms. The van der Waals surface area contributed by atoms with Gasteiger partial charge in [0, 0.05) is 18.8 Å². The molecule has 2 rings (SSSR count). The fourth-order valence-corrected chi connectivity index (χ4v) is 3.42. The zero-order valence-corrected chi connectivity index (χ0v) is 12.8. The molecule has 0 aromatic heterocycles. The highest BCUT2D eigenvalue weighted by Gasteiger charge is 2.32. The van der Waals surface area contributed by atoms with E-state index in [9.17, 15) is 4.39 Å². The lowest BCUT2D eigenvalue weighted by molar-refractivity contribution is 0.188. The number of benzene rings is 1. The van der Waals surface area contributed by atoms with E-state index in [1.807, 2.05) is 12.1 Å². The van der Waals surface area contributed by atoms with Crippen molar-refractivity contribution in [3.8, 4) is 0 Å². The Kier molecular flexibility index (Phi) is 5.41. The number of hydrogen-bond donors (Lipinski definition) is 1. The van der Waals surface area contributed by atoms with Crippen LogP contribution in [0.4, 0.5) is 10.1 Å². The molecule has 1 fully saturated rings. The first kappa shape index (κ1) is 15.3. The molecule has 0 unspecified atom stereocenters. The Bertz CT molecular complexity index is 390. The van der Waals surface area contributed by atoms with Crippen LogP contribution in [0.5, 0.6) is 0 Å². The van der Waals surface area contributed by atoms with Gasteiger partial charge in [-0.2, -0.15) is 0 Å². The second-order valence-corrected chi connectivity index (χ2v) is 5.99. The molecule has 0 bridgehead atoms. The predicted octanol–water partition coefficient (Wildman–Crippen LogP) is 3.82. The van der Waals surface area contributed by atoms with Crippen molar-refractivity contribution < 1.29 is 4.39 Å². The molecule has 0 spiro atoms. The van der Waals surface area contributed by atoms with Crippen LogP contribution in [0.2, 0.25) is 0 Å².